The molecule has 0 saturated carbocycles. The van der Waals surface area contributed by atoms with Crippen molar-refractivity contribution >= 4 is 33.4 Å². The summed E-state index contributed by atoms with van der Waals surface area (Å²) >= 11 is 7.52. The molecule has 0 spiro atoms. The molecule has 0 aliphatic rings. The fourth-order valence-corrected chi connectivity index (χ4v) is 2.21. The number of hydrogen-bond acceptors (Lipinski definition) is 4. The van der Waals surface area contributed by atoms with Crippen LogP contribution in [0.25, 0.3) is 11.3 Å². The van der Waals surface area contributed by atoms with E-state index >= 15 is 0 Å². The third-order valence-electron chi connectivity index (χ3n) is 1.96. The Morgan fingerprint density at radius 2 is 1.83 bits per heavy atom. The Labute approximate surface area is 113 Å². The topological polar surface area (TPSA) is 61.1 Å². The van der Waals surface area contributed by atoms with Gasteiger partial charge in [0.1, 0.15) is 7.05 Å². The normalized spacial score (nSPS) is 10.7. The standard InChI is InChI=1S/C10H9ClNS.FHO3S/c1-12-9(7-13-10(12)11)8-5-3-2-4-6-8;1-5(2,3)4/h2-7H,1H3;(H,2,3,4)/q+1;/p-1. The third-order valence-corrected chi connectivity index (χ3v) is 3.29. The van der Waals surface area contributed by atoms with Crippen LogP contribution in [0.1, 0.15) is 0 Å². The maximum atomic E-state index is 10.1. The molecule has 0 bridgehead atoms. The van der Waals surface area contributed by atoms with Gasteiger partial charge >= 0.3 is 4.47 Å². The first-order valence-corrected chi connectivity index (χ1v) is 7.19. The van der Waals surface area contributed by atoms with Gasteiger partial charge in [0.05, 0.1) is 5.38 Å². The smallest absolute Gasteiger partial charge is 0.333 e. The number of hydrogen-bond donors (Lipinski definition) is 0. The number of aromatic nitrogens is 1. The molecule has 0 fully saturated rings. The Balaban J connectivity index is 0.000000280. The molecule has 0 N–H and O–H groups in total. The van der Waals surface area contributed by atoms with Crippen LogP contribution in [0.4, 0.5) is 3.89 Å². The van der Waals surface area contributed by atoms with Crippen LogP contribution in [0, 0.1) is 0 Å². The summed E-state index contributed by atoms with van der Waals surface area (Å²) in [6, 6.07) is 10.2. The van der Waals surface area contributed by atoms with Crippen molar-refractivity contribution in [1.82, 2.24) is 0 Å². The summed E-state index contributed by atoms with van der Waals surface area (Å²) in [7, 11) is -3.44. The zero-order valence-electron chi connectivity index (χ0n) is 9.21. The summed E-state index contributed by atoms with van der Waals surface area (Å²) in [5.41, 5.74) is 2.36. The van der Waals surface area contributed by atoms with Crippen LogP contribution < -0.4 is 4.57 Å². The lowest BCUT2D eigenvalue weighted by atomic mass is 10.2. The van der Waals surface area contributed by atoms with Crippen LogP contribution in [-0.2, 0) is 17.6 Å². The molecule has 1 heterocycles. The van der Waals surface area contributed by atoms with E-state index in [4.69, 9.17) is 24.6 Å². The first kappa shape index (κ1) is 15.0. The van der Waals surface area contributed by atoms with E-state index in [2.05, 4.69) is 17.5 Å². The zero-order chi connectivity index (χ0) is 13.8. The predicted molar refractivity (Wildman–Crippen MR) is 66.7 cm³/mol. The molecule has 98 valence electrons. The molecule has 4 nitrogen and oxygen atoms in total. The van der Waals surface area contributed by atoms with Crippen molar-refractivity contribution in [2.24, 2.45) is 7.05 Å². The van der Waals surface area contributed by atoms with Crippen molar-refractivity contribution in [2.75, 3.05) is 0 Å². The first-order chi connectivity index (χ1) is 8.29. The van der Waals surface area contributed by atoms with E-state index < -0.39 is 10.5 Å². The number of halogens is 2. The highest BCUT2D eigenvalue weighted by Crippen LogP contribution is 2.21. The predicted octanol–water partition coefficient (Wildman–Crippen LogP) is 2.31. The summed E-state index contributed by atoms with van der Waals surface area (Å²) in [4.78, 5) is 0. The van der Waals surface area contributed by atoms with Crippen LogP contribution in [0.2, 0.25) is 4.47 Å². The van der Waals surface area contributed by atoms with Gasteiger partial charge < -0.3 is 4.55 Å². The van der Waals surface area contributed by atoms with Crippen molar-refractivity contribution in [3.8, 4) is 11.3 Å². The molecule has 0 atom stereocenters. The maximum Gasteiger partial charge on any atom is 0.333 e. The molecule has 2 aromatic rings. The van der Waals surface area contributed by atoms with Gasteiger partial charge in [0, 0.05) is 17.2 Å². The molecule has 0 unspecified atom stereocenters. The average molecular weight is 310 g/mol. The summed E-state index contributed by atoms with van der Waals surface area (Å²) in [6.45, 7) is 0. The maximum absolute atomic E-state index is 10.1. The van der Waals surface area contributed by atoms with E-state index in [1.807, 2.05) is 29.8 Å². The van der Waals surface area contributed by atoms with E-state index in [9.17, 15) is 3.89 Å². The molecule has 1 aromatic carbocycles. The van der Waals surface area contributed by atoms with E-state index in [1.54, 1.807) is 11.3 Å². The highest BCUT2D eigenvalue weighted by atomic mass is 35.5. The van der Waals surface area contributed by atoms with Gasteiger partial charge in [-0.1, -0.05) is 29.5 Å². The molecule has 0 aliphatic carbocycles. The summed E-state index contributed by atoms with van der Waals surface area (Å²) in [5.74, 6) is 0. The van der Waals surface area contributed by atoms with Gasteiger partial charge in [-0.3, -0.25) is 0 Å². The molecule has 0 saturated heterocycles. The van der Waals surface area contributed by atoms with Crippen LogP contribution in [0.15, 0.2) is 35.7 Å². The third kappa shape index (κ3) is 5.09. The zero-order valence-corrected chi connectivity index (χ0v) is 11.6. The molecule has 8 heteroatoms. The Morgan fingerprint density at radius 3 is 2.22 bits per heavy atom. The van der Waals surface area contributed by atoms with E-state index in [1.165, 1.54) is 5.56 Å². The highest BCUT2D eigenvalue weighted by Gasteiger charge is 2.15. The van der Waals surface area contributed by atoms with Crippen molar-refractivity contribution in [3.05, 3.63) is 40.2 Å². The minimum atomic E-state index is -5.42. The van der Waals surface area contributed by atoms with Crippen molar-refractivity contribution < 1.29 is 21.4 Å². The van der Waals surface area contributed by atoms with Crippen LogP contribution >= 0.6 is 22.9 Å². The monoisotopic (exact) mass is 309 g/mol. The van der Waals surface area contributed by atoms with Crippen LogP contribution in [-0.4, -0.2) is 13.0 Å². The van der Waals surface area contributed by atoms with Gasteiger partial charge in [0.15, 0.2) is 0 Å². The van der Waals surface area contributed by atoms with Crippen LogP contribution in [0.3, 0.4) is 0 Å². The largest absolute Gasteiger partial charge is 0.722 e. The molecule has 0 amide bonds. The highest BCUT2D eigenvalue weighted by molar-refractivity contribution is 7.80. The van der Waals surface area contributed by atoms with Gasteiger partial charge in [-0.05, 0) is 12.1 Å². The fraction of sp³-hybridized carbons (Fsp3) is 0.100. The lowest BCUT2D eigenvalue weighted by Gasteiger charge is -1.92. The number of rotatable bonds is 1. The van der Waals surface area contributed by atoms with E-state index in [0.29, 0.717) is 0 Å². The Hall–Kier alpha value is -1.02. The molecule has 18 heavy (non-hydrogen) atoms. The Morgan fingerprint density at radius 1 is 1.33 bits per heavy atom. The fourth-order valence-electron chi connectivity index (χ4n) is 1.23. The second-order valence-electron chi connectivity index (χ2n) is 3.19. The number of nitrogens with zero attached hydrogens (tertiary/aromatic N) is 1. The van der Waals surface area contributed by atoms with Gasteiger partial charge in [0.25, 0.3) is 10.5 Å². The minimum Gasteiger partial charge on any atom is -0.722 e. The quantitative estimate of drug-likeness (QED) is 0.461. The Kier molecular flexibility index (Phi) is 5.21. The van der Waals surface area contributed by atoms with Gasteiger partial charge in [-0.25, -0.2) is 8.42 Å². The van der Waals surface area contributed by atoms with Crippen molar-refractivity contribution in [1.29, 1.82) is 0 Å². The van der Waals surface area contributed by atoms with E-state index in [0.717, 1.165) is 10.2 Å². The molecule has 0 radical (unpaired) electrons. The van der Waals surface area contributed by atoms with Crippen molar-refractivity contribution in [2.45, 2.75) is 0 Å². The molecular formula is C10H9ClFNO3S2. The molecule has 0 aliphatic heterocycles. The van der Waals surface area contributed by atoms with Gasteiger partial charge in [-0.15, -0.1) is 3.89 Å². The number of benzene rings is 1. The second kappa shape index (κ2) is 6.24. The van der Waals surface area contributed by atoms with E-state index in [-0.39, 0.29) is 0 Å². The van der Waals surface area contributed by atoms with Crippen LogP contribution in [0.5, 0.6) is 0 Å². The van der Waals surface area contributed by atoms with Gasteiger partial charge in [-0.2, -0.15) is 4.57 Å². The molecular weight excluding hydrogens is 301 g/mol. The first-order valence-electron chi connectivity index (χ1n) is 4.63. The summed E-state index contributed by atoms with van der Waals surface area (Å²) < 4.78 is 38.1. The number of thiazole rings is 1. The molecule has 1 aromatic heterocycles. The minimum absolute atomic E-state index is 0.804. The summed E-state index contributed by atoms with van der Waals surface area (Å²) in [5, 5.41) is 2.07. The summed E-state index contributed by atoms with van der Waals surface area (Å²) in [6.07, 6.45) is 0. The molecule has 2 rings (SSSR count). The second-order valence-corrected chi connectivity index (χ2v) is 5.42. The van der Waals surface area contributed by atoms with Crippen molar-refractivity contribution in [3.63, 3.8) is 0 Å². The lowest BCUT2D eigenvalue weighted by Crippen LogP contribution is -2.28. The SMILES string of the molecule is C[n+]1c(-c2ccccc2)csc1Cl.O=S(=O)([O-])F. The average Bonchev–Trinajstić information content (AvgIpc) is 2.59. The lowest BCUT2D eigenvalue weighted by molar-refractivity contribution is -0.653. The Bertz CT molecular complexity index is 605. The van der Waals surface area contributed by atoms with Gasteiger partial charge in [0.2, 0.25) is 5.69 Å².